The molecule has 0 heterocycles. The molecular formula is C14H22NO3+. The van der Waals surface area contributed by atoms with Gasteiger partial charge in [0.15, 0.2) is 0 Å². The predicted molar refractivity (Wildman–Crippen MR) is 69.1 cm³/mol. The van der Waals surface area contributed by atoms with Gasteiger partial charge in [0, 0.05) is 5.56 Å². The molecule has 0 spiro atoms. The maximum absolute atomic E-state index is 11.3. The molecule has 0 aliphatic carbocycles. The summed E-state index contributed by atoms with van der Waals surface area (Å²) >= 11 is 0. The lowest BCUT2D eigenvalue weighted by molar-refractivity contribution is -0.425. The van der Waals surface area contributed by atoms with Gasteiger partial charge in [-0.2, -0.15) is 0 Å². The summed E-state index contributed by atoms with van der Waals surface area (Å²) in [4.78, 5) is 11.3. The van der Waals surface area contributed by atoms with Crippen LogP contribution in [0.4, 0.5) is 0 Å². The Bertz CT molecular complexity index is 362. The topological polar surface area (TPSA) is 63.2 Å². The SMILES string of the molecule is CCCOc1ccc([C@H]([NH3+])CC(=O)OCC)cc1. The zero-order chi connectivity index (χ0) is 13.4. The molecule has 0 aromatic heterocycles. The zero-order valence-electron chi connectivity index (χ0n) is 11.1. The summed E-state index contributed by atoms with van der Waals surface area (Å²) < 4.78 is 10.4. The third-order valence-electron chi connectivity index (χ3n) is 2.54. The summed E-state index contributed by atoms with van der Waals surface area (Å²) in [6, 6.07) is 7.64. The molecule has 1 rings (SSSR count). The molecule has 0 fully saturated rings. The number of hydrogen-bond acceptors (Lipinski definition) is 3. The highest BCUT2D eigenvalue weighted by atomic mass is 16.5. The molecule has 4 heteroatoms. The van der Waals surface area contributed by atoms with Crippen molar-refractivity contribution in [3.63, 3.8) is 0 Å². The third kappa shape index (κ3) is 4.75. The van der Waals surface area contributed by atoms with Crippen molar-refractivity contribution in [2.45, 2.75) is 32.7 Å². The summed E-state index contributed by atoms with van der Waals surface area (Å²) in [7, 11) is 0. The number of rotatable bonds is 7. The van der Waals surface area contributed by atoms with Gasteiger partial charge in [0.25, 0.3) is 0 Å². The van der Waals surface area contributed by atoms with E-state index in [9.17, 15) is 4.79 Å². The van der Waals surface area contributed by atoms with Crippen LogP contribution in [0, 0.1) is 0 Å². The van der Waals surface area contributed by atoms with Gasteiger partial charge in [0.05, 0.1) is 13.2 Å². The Balaban J connectivity index is 2.53. The van der Waals surface area contributed by atoms with E-state index >= 15 is 0 Å². The van der Waals surface area contributed by atoms with Crippen LogP contribution in [0.3, 0.4) is 0 Å². The molecular weight excluding hydrogens is 230 g/mol. The molecule has 0 saturated heterocycles. The molecule has 1 atom stereocenters. The number of carbonyl (C=O) groups excluding carboxylic acids is 1. The first-order chi connectivity index (χ1) is 8.67. The van der Waals surface area contributed by atoms with Gasteiger partial charge in [-0.25, -0.2) is 0 Å². The second-order valence-electron chi connectivity index (χ2n) is 4.12. The maximum atomic E-state index is 11.3. The Labute approximate surface area is 108 Å². The number of hydrogen-bond donors (Lipinski definition) is 1. The molecule has 1 aromatic carbocycles. The van der Waals surface area contributed by atoms with Gasteiger partial charge in [0.1, 0.15) is 18.2 Å². The van der Waals surface area contributed by atoms with Crippen LogP contribution in [-0.2, 0) is 9.53 Å². The Morgan fingerprint density at radius 1 is 1.28 bits per heavy atom. The van der Waals surface area contributed by atoms with Crippen molar-refractivity contribution in [3.05, 3.63) is 29.8 Å². The van der Waals surface area contributed by atoms with E-state index in [-0.39, 0.29) is 12.0 Å². The largest absolute Gasteiger partial charge is 0.494 e. The lowest BCUT2D eigenvalue weighted by Crippen LogP contribution is -2.54. The number of ether oxygens (including phenoxy) is 2. The second-order valence-corrected chi connectivity index (χ2v) is 4.12. The fourth-order valence-corrected chi connectivity index (χ4v) is 1.60. The van der Waals surface area contributed by atoms with Gasteiger partial charge < -0.3 is 15.2 Å². The molecule has 4 nitrogen and oxygen atoms in total. The van der Waals surface area contributed by atoms with Crippen LogP contribution in [0.1, 0.15) is 38.3 Å². The Morgan fingerprint density at radius 2 is 1.94 bits per heavy atom. The van der Waals surface area contributed by atoms with Crippen LogP contribution in [0.2, 0.25) is 0 Å². The van der Waals surface area contributed by atoms with Crippen molar-refractivity contribution in [1.82, 2.24) is 0 Å². The maximum Gasteiger partial charge on any atom is 0.312 e. The van der Waals surface area contributed by atoms with E-state index in [1.54, 1.807) is 6.92 Å². The van der Waals surface area contributed by atoms with Gasteiger partial charge in [-0.05, 0) is 37.6 Å². The average Bonchev–Trinajstić information content (AvgIpc) is 2.37. The minimum Gasteiger partial charge on any atom is -0.494 e. The molecule has 3 N–H and O–H groups in total. The first kappa shape index (κ1) is 14.5. The Kier molecular flexibility index (Phi) is 6.22. The van der Waals surface area contributed by atoms with Crippen molar-refractivity contribution in [1.29, 1.82) is 0 Å². The van der Waals surface area contributed by atoms with E-state index in [1.165, 1.54) is 0 Å². The van der Waals surface area contributed by atoms with Crippen molar-refractivity contribution < 1.29 is 20.0 Å². The van der Waals surface area contributed by atoms with Gasteiger partial charge >= 0.3 is 5.97 Å². The highest BCUT2D eigenvalue weighted by Gasteiger charge is 2.15. The highest BCUT2D eigenvalue weighted by molar-refractivity contribution is 5.70. The predicted octanol–water partition coefficient (Wildman–Crippen LogP) is 1.71. The molecule has 0 radical (unpaired) electrons. The Hall–Kier alpha value is -1.55. The second kappa shape index (κ2) is 7.71. The van der Waals surface area contributed by atoms with Crippen molar-refractivity contribution in [2.75, 3.05) is 13.2 Å². The first-order valence-electron chi connectivity index (χ1n) is 6.38. The van der Waals surface area contributed by atoms with Crippen molar-refractivity contribution >= 4 is 5.97 Å². The van der Waals surface area contributed by atoms with Crippen LogP contribution >= 0.6 is 0 Å². The van der Waals surface area contributed by atoms with Crippen LogP contribution in [0.5, 0.6) is 5.75 Å². The summed E-state index contributed by atoms with van der Waals surface area (Å²) in [5.74, 6) is 0.646. The summed E-state index contributed by atoms with van der Waals surface area (Å²) in [5, 5.41) is 0. The van der Waals surface area contributed by atoms with Gasteiger partial charge in [-0.3, -0.25) is 4.79 Å². The highest BCUT2D eigenvalue weighted by Crippen LogP contribution is 2.18. The normalized spacial score (nSPS) is 11.9. The fourth-order valence-electron chi connectivity index (χ4n) is 1.60. The van der Waals surface area contributed by atoms with Crippen LogP contribution in [0.15, 0.2) is 24.3 Å². The summed E-state index contributed by atoms with van der Waals surface area (Å²) in [6.07, 6.45) is 1.30. The molecule has 0 aliphatic rings. The molecule has 100 valence electrons. The monoisotopic (exact) mass is 252 g/mol. The van der Waals surface area contributed by atoms with E-state index < -0.39 is 0 Å². The number of carbonyl (C=O) groups is 1. The van der Waals surface area contributed by atoms with E-state index in [0.717, 1.165) is 24.3 Å². The van der Waals surface area contributed by atoms with Gasteiger partial charge in [-0.1, -0.05) is 6.92 Å². The minimum absolute atomic E-state index is 0.0794. The molecule has 0 bridgehead atoms. The van der Waals surface area contributed by atoms with Crippen molar-refractivity contribution in [3.8, 4) is 5.75 Å². The Morgan fingerprint density at radius 3 is 2.50 bits per heavy atom. The standard InChI is InChI=1S/C14H21NO3/c1-3-9-18-12-7-5-11(6-8-12)13(15)10-14(16)17-4-2/h5-8,13H,3-4,9-10,15H2,1-2H3/p+1/t13-/m1/s1. The number of esters is 1. The minimum atomic E-state index is -0.205. The third-order valence-corrected chi connectivity index (χ3v) is 2.54. The molecule has 0 aliphatic heterocycles. The van der Waals surface area contributed by atoms with Gasteiger partial charge in [-0.15, -0.1) is 0 Å². The van der Waals surface area contributed by atoms with Crippen LogP contribution < -0.4 is 10.5 Å². The first-order valence-corrected chi connectivity index (χ1v) is 6.38. The molecule has 0 unspecified atom stereocenters. The summed E-state index contributed by atoms with van der Waals surface area (Å²) in [6.45, 7) is 5.00. The molecule has 18 heavy (non-hydrogen) atoms. The van der Waals surface area contributed by atoms with E-state index in [0.29, 0.717) is 13.0 Å². The lowest BCUT2D eigenvalue weighted by Gasteiger charge is -2.09. The van der Waals surface area contributed by atoms with E-state index in [2.05, 4.69) is 12.7 Å². The average molecular weight is 252 g/mol. The summed E-state index contributed by atoms with van der Waals surface area (Å²) in [5.41, 5.74) is 5.00. The van der Waals surface area contributed by atoms with Crippen molar-refractivity contribution in [2.24, 2.45) is 0 Å². The van der Waals surface area contributed by atoms with Crippen LogP contribution in [0.25, 0.3) is 0 Å². The molecule has 1 aromatic rings. The quantitative estimate of drug-likeness (QED) is 0.751. The van der Waals surface area contributed by atoms with E-state index in [1.807, 2.05) is 24.3 Å². The zero-order valence-corrected chi connectivity index (χ0v) is 11.1. The fraction of sp³-hybridized carbons (Fsp3) is 0.500. The van der Waals surface area contributed by atoms with Crippen LogP contribution in [-0.4, -0.2) is 19.2 Å². The molecule has 0 saturated carbocycles. The lowest BCUT2D eigenvalue weighted by atomic mass is 10.0. The van der Waals surface area contributed by atoms with E-state index in [4.69, 9.17) is 9.47 Å². The molecule has 0 amide bonds. The van der Waals surface area contributed by atoms with Gasteiger partial charge in [0.2, 0.25) is 0 Å². The number of quaternary nitrogens is 1. The smallest absolute Gasteiger partial charge is 0.312 e. The number of benzene rings is 1.